The number of hydrogen-bond acceptors (Lipinski definition) is 12. The first-order valence-corrected chi connectivity index (χ1v) is 21.4. The van der Waals surface area contributed by atoms with Gasteiger partial charge in [-0.2, -0.15) is 6.92 Å². The number of benzene rings is 2. The Labute approximate surface area is 487 Å². The Hall–Kier alpha value is -4.38. The molecule has 4 aromatic heterocycles. The second kappa shape index (κ2) is 59.5. The van der Waals surface area contributed by atoms with Gasteiger partial charge in [0.05, 0.1) is 31.8 Å². The van der Waals surface area contributed by atoms with Crippen LogP contribution in [0.2, 0.25) is 0 Å². The summed E-state index contributed by atoms with van der Waals surface area (Å²) in [6.45, 7) is 11.2. The molecule has 15 heteroatoms. The van der Waals surface area contributed by atoms with E-state index in [1.54, 1.807) is 45.9 Å². The number of aryl methyl sites for hydroxylation is 1. The molecule has 0 amide bonds. The number of anilines is 2. The van der Waals surface area contributed by atoms with Gasteiger partial charge in [0, 0.05) is 104 Å². The van der Waals surface area contributed by atoms with Crippen molar-refractivity contribution in [2.24, 2.45) is 5.73 Å². The molecule has 2 aromatic carbocycles. The fraction of sp³-hybridized carbons (Fsp3) is 0.441. The van der Waals surface area contributed by atoms with E-state index >= 15 is 0 Å². The minimum absolute atomic E-state index is 0. The summed E-state index contributed by atoms with van der Waals surface area (Å²) in [6.07, 6.45) is 14.3. The minimum atomic E-state index is 0. The molecule has 6 rings (SSSR count). The van der Waals surface area contributed by atoms with Gasteiger partial charge in [0.15, 0.2) is 0 Å². The molecule has 0 aliphatic rings. The molecule has 0 bridgehead atoms. The van der Waals surface area contributed by atoms with Crippen LogP contribution < -0.4 is 26.3 Å². The maximum absolute atomic E-state index is 5.55. The molecule has 6 aromatic rings. The molecular formula is C59H111Br2N10O2V-. The molecule has 74 heavy (non-hydrogen) atoms. The van der Waals surface area contributed by atoms with Crippen molar-refractivity contribution in [1.82, 2.24) is 34.6 Å². The van der Waals surface area contributed by atoms with Crippen LogP contribution in [0.15, 0.2) is 131 Å². The summed E-state index contributed by atoms with van der Waals surface area (Å²) in [5.41, 5.74) is 20.0. The van der Waals surface area contributed by atoms with Gasteiger partial charge in [0.2, 0.25) is 0 Å². The summed E-state index contributed by atoms with van der Waals surface area (Å²) in [5, 5.41) is 3.39. The standard InChI is InChI=1S/C16H21N3O.C8H11BrN2.C8H13N3.C8H11N.C6H6BrNO.C2H5.11CH4.V/c1-19(2)12-14-8-15(11-17-9-14)18-10-13-4-6-16(20-3)7-5-13;2*1-11(2)6-7-3-8(9)5-10-4-7;1-7-2-4-8(6-9)5-3-7;1-9-6-2-5(7)3-8-4-6;1-2;;;;;;;;;;;;/h4-9,11,18H,10,12H2,1-3H3;3-5H,6H2,1-2H3;3-5H,6,9H2,1-2H3;2-5H,6,9H2,1H3;2-4H,1H3;1H2,2H3;11*1H4;/q;;;;;-1;;;;;;;;;;;;. The van der Waals surface area contributed by atoms with E-state index in [9.17, 15) is 0 Å². The van der Waals surface area contributed by atoms with Crippen LogP contribution in [0.3, 0.4) is 0 Å². The van der Waals surface area contributed by atoms with E-state index in [-0.39, 0.29) is 100 Å². The van der Waals surface area contributed by atoms with Gasteiger partial charge in [-0.25, -0.2) is 0 Å². The summed E-state index contributed by atoms with van der Waals surface area (Å²) in [5.74, 6) is 1.65. The van der Waals surface area contributed by atoms with Crippen LogP contribution in [-0.2, 0) is 51.3 Å². The van der Waals surface area contributed by atoms with E-state index in [1.807, 2.05) is 77.2 Å². The summed E-state index contributed by atoms with van der Waals surface area (Å²) in [7, 11) is 15.5. The molecule has 0 saturated carbocycles. The third-order valence-corrected chi connectivity index (χ3v) is 8.66. The first kappa shape index (κ1) is 98.7. The van der Waals surface area contributed by atoms with Crippen molar-refractivity contribution in [3.8, 4) is 11.5 Å². The Balaban J connectivity index is -0.0000000638. The third kappa shape index (κ3) is 48.6. The van der Waals surface area contributed by atoms with E-state index < -0.39 is 0 Å². The van der Waals surface area contributed by atoms with Gasteiger partial charge < -0.3 is 47.9 Å². The molecule has 1 radical (unpaired) electrons. The van der Waals surface area contributed by atoms with Gasteiger partial charge in [-0.1, -0.05) is 124 Å². The van der Waals surface area contributed by atoms with Crippen molar-refractivity contribution < 1.29 is 28.0 Å². The number of nitrogen functional groups attached to an aromatic ring is 1. The van der Waals surface area contributed by atoms with Crippen molar-refractivity contribution in [2.45, 2.75) is 128 Å². The molecule has 0 saturated heterocycles. The predicted molar refractivity (Wildman–Crippen MR) is 340 cm³/mol. The molecule has 5 N–H and O–H groups in total. The zero-order chi connectivity index (χ0) is 46.3. The first-order valence-electron chi connectivity index (χ1n) is 19.8. The molecule has 0 spiro atoms. The maximum atomic E-state index is 5.55. The van der Waals surface area contributed by atoms with Crippen molar-refractivity contribution in [1.29, 1.82) is 0 Å². The van der Waals surface area contributed by atoms with Crippen molar-refractivity contribution in [2.75, 3.05) is 67.6 Å². The van der Waals surface area contributed by atoms with Gasteiger partial charge in [-0.15, -0.1) is 0 Å². The van der Waals surface area contributed by atoms with Crippen LogP contribution >= 0.6 is 31.9 Å². The monoisotopic (exact) mass is 1200 g/mol. The number of rotatable bonds is 12. The average molecular weight is 1200 g/mol. The van der Waals surface area contributed by atoms with E-state index in [4.69, 9.17) is 20.9 Å². The summed E-state index contributed by atoms with van der Waals surface area (Å²) in [4.78, 5) is 22.5. The second-order valence-corrected chi connectivity index (χ2v) is 16.2. The van der Waals surface area contributed by atoms with E-state index in [0.717, 1.165) is 63.6 Å². The molecule has 0 aliphatic carbocycles. The van der Waals surface area contributed by atoms with E-state index in [1.165, 1.54) is 27.8 Å². The number of nitrogens with zero attached hydrogens (tertiary/aromatic N) is 7. The van der Waals surface area contributed by atoms with Crippen LogP contribution in [0, 0.1) is 13.8 Å². The maximum Gasteiger partial charge on any atom is 0.138 e. The number of aromatic nitrogens is 4. The van der Waals surface area contributed by atoms with Gasteiger partial charge in [0.1, 0.15) is 11.5 Å². The Kier molecular flexibility index (Phi) is 79.4. The summed E-state index contributed by atoms with van der Waals surface area (Å²) < 4.78 is 12.0. The predicted octanol–water partition coefficient (Wildman–Crippen LogP) is 16.5. The molecular weight excluding hydrogens is 1090 g/mol. The Morgan fingerprint density at radius 3 is 1.24 bits per heavy atom. The number of halogens is 2. The minimum Gasteiger partial charge on any atom is -0.497 e. The van der Waals surface area contributed by atoms with Crippen LogP contribution in [0.25, 0.3) is 0 Å². The summed E-state index contributed by atoms with van der Waals surface area (Å²) in [6, 6.07) is 24.3. The average Bonchev–Trinajstić information content (AvgIpc) is 3.24. The number of pyridine rings is 4. The number of ether oxygens (including phenoxy) is 2. The van der Waals surface area contributed by atoms with Crippen LogP contribution in [0.1, 0.15) is 122 Å². The zero-order valence-electron chi connectivity index (χ0n) is 38.6. The Morgan fingerprint density at radius 2 is 0.865 bits per heavy atom. The fourth-order valence-corrected chi connectivity index (χ4v) is 5.83. The van der Waals surface area contributed by atoms with E-state index in [2.05, 4.69) is 148 Å². The first-order chi connectivity index (χ1) is 29.7. The molecule has 429 valence electrons. The zero-order valence-corrected chi connectivity index (χ0v) is 43.2. The topological polar surface area (TPSA) is 144 Å². The van der Waals surface area contributed by atoms with Gasteiger partial charge >= 0.3 is 0 Å². The van der Waals surface area contributed by atoms with Gasteiger partial charge in [-0.3, -0.25) is 19.9 Å². The second-order valence-electron chi connectivity index (χ2n) is 14.4. The molecule has 0 atom stereocenters. The molecule has 0 fully saturated rings. The molecule has 0 aliphatic heterocycles. The number of nitrogens with one attached hydrogen (secondary N) is 1. The Bertz CT molecular complexity index is 2010. The summed E-state index contributed by atoms with van der Waals surface area (Å²) >= 11 is 6.63. The molecule has 4 heterocycles. The van der Waals surface area contributed by atoms with Crippen molar-refractivity contribution in [3.63, 3.8) is 0 Å². The third-order valence-electron chi connectivity index (χ3n) is 7.80. The quantitative estimate of drug-likeness (QED) is 0.100. The smallest absolute Gasteiger partial charge is 0.138 e. The van der Waals surface area contributed by atoms with Crippen LogP contribution in [0.5, 0.6) is 11.5 Å². The van der Waals surface area contributed by atoms with Crippen LogP contribution in [0.4, 0.5) is 11.4 Å². The van der Waals surface area contributed by atoms with Gasteiger partial charge in [-0.05, 0) is 145 Å². The van der Waals surface area contributed by atoms with E-state index in [0.29, 0.717) is 6.54 Å². The fourth-order valence-electron chi connectivity index (χ4n) is 5.08. The van der Waals surface area contributed by atoms with Crippen molar-refractivity contribution >= 4 is 43.2 Å². The number of hydrogen-bond donors (Lipinski definition) is 3. The Morgan fingerprint density at radius 1 is 0.486 bits per heavy atom. The number of methoxy groups -OCH3 is 2. The number of nitrogens with two attached hydrogens (primary N) is 2. The largest absolute Gasteiger partial charge is 0.497 e. The van der Waals surface area contributed by atoms with Gasteiger partial charge in [0.25, 0.3) is 0 Å². The van der Waals surface area contributed by atoms with Crippen molar-refractivity contribution in [3.05, 3.63) is 172 Å². The SMILES string of the molecule is C.C.C.C.C.C.C.C.C.C.C.CN(C)Cc1cncc(Br)c1.CN(C)Cc1cncc(N)c1.COc1ccc(CNc2cncc(CN(C)C)c2)cc1.COc1cncc(Br)c1.Cc1ccc(CN)cc1.[CH2-]C.[V]. The normalized spacial score (nSPS) is 8.34. The van der Waals surface area contributed by atoms with Crippen LogP contribution in [-0.4, -0.2) is 91.1 Å². The molecule has 12 nitrogen and oxygen atoms in total. The molecule has 0 unspecified atom stereocenters.